The molecule has 0 spiro atoms. The van der Waals surface area contributed by atoms with Crippen LogP contribution in [0.15, 0.2) is 95.7 Å². The van der Waals surface area contributed by atoms with E-state index in [1.54, 1.807) is 17.7 Å². The van der Waals surface area contributed by atoms with Gasteiger partial charge in [-0.1, -0.05) is 68.4 Å². The van der Waals surface area contributed by atoms with Crippen LogP contribution >= 0.6 is 0 Å². The highest BCUT2D eigenvalue weighted by molar-refractivity contribution is 6.19. The highest BCUT2D eigenvalue weighted by atomic mass is 16.2. The molecule has 0 atom stereocenters. The van der Waals surface area contributed by atoms with Crippen molar-refractivity contribution in [1.82, 2.24) is 14.7 Å². The van der Waals surface area contributed by atoms with Crippen LogP contribution in [0, 0.1) is 17.2 Å². The smallest absolute Gasteiger partial charge is 0.271 e. The molecule has 37 heavy (non-hydrogen) atoms. The Morgan fingerprint density at radius 2 is 1.65 bits per heavy atom. The van der Waals surface area contributed by atoms with E-state index in [9.17, 15) is 14.9 Å². The van der Waals surface area contributed by atoms with Gasteiger partial charge in [-0.05, 0) is 53.5 Å². The number of imide groups is 1. The zero-order chi connectivity index (χ0) is 26.1. The molecule has 1 aliphatic rings. The van der Waals surface area contributed by atoms with E-state index >= 15 is 0 Å². The van der Waals surface area contributed by atoms with Gasteiger partial charge in [-0.15, -0.1) is 0 Å². The normalized spacial score (nSPS) is 15.2. The summed E-state index contributed by atoms with van der Waals surface area (Å²) in [4.78, 5) is 27.6. The lowest BCUT2D eigenvalue weighted by Crippen LogP contribution is -2.44. The number of hydrogen-bond donors (Lipinski definition) is 0. The van der Waals surface area contributed by atoms with Gasteiger partial charge in [0.05, 0.1) is 11.4 Å². The third-order valence-corrected chi connectivity index (χ3v) is 6.46. The van der Waals surface area contributed by atoms with E-state index in [0.29, 0.717) is 16.8 Å². The fraction of sp³-hybridized carbons (Fsp3) is 0.161. The first kappa shape index (κ1) is 24.0. The van der Waals surface area contributed by atoms with Crippen molar-refractivity contribution in [3.05, 3.63) is 101 Å². The minimum atomic E-state index is -0.536. The van der Waals surface area contributed by atoms with E-state index in [0.717, 1.165) is 27.6 Å². The molecule has 6 nitrogen and oxygen atoms in total. The molecule has 6 heteroatoms. The first-order valence-electron chi connectivity index (χ1n) is 12.2. The summed E-state index contributed by atoms with van der Waals surface area (Å²) in [6.07, 6.45) is 3.63. The lowest BCUT2D eigenvalue weighted by atomic mass is 9.92. The predicted molar refractivity (Wildman–Crippen MR) is 144 cm³/mol. The van der Waals surface area contributed by atoms with Crippen molar-refractivity contribution < 1.29 is 9.59 Å². The van der Waals surface area contributed by atoms with Crippen molar-refractivity contribution in [2.75, 3.05) is 6.54 Å². The molecule has 2 heterocycles. The number of para-hydroxylation sites is 1. The maximum atomic E-state index is 13.5. The summed E-state index contributed by atoms with van der Waals surface area (Å²) in [5, 5.41) is 16.8. The number of amides is 2. The second-order valence-corrected chi connectivity index (χ2v) is 9.56. The van der Waals surface area contributed by atoms with Crippen molar-refractivity contribution in [2.24, 2.45) is 5.92 Å². The summed E-state index contributed by atoms with van der Waals surface area (Å²) in [6, 6.07) is 26.0. The topological polar surface area (TPSA) is 79.0 Å². The molecule has 182 valence electrons. The molecular weight excluding hydrogens is 460 g/mol. The Morgan fingerprint density at radius 3 is 2.35 bits per heavy atom. The van der Waals surface area contributed by atoms with Crippen molar-refractivity contribution in [3.63, 3.8) is 0 Å². The number of nitrogens with zero attached hydrogens (tertiary/aromatic N) is 4. The van der Waals surface area contributed by atoms with Crippen LogP contribution in [0.5, 0.6) is 0 Å². The lowest BCUT2D eigenvalue weighted by Gasteiger charge is -2.28. The van der Waals surface area contributed by atoms with E-state index in [-0.39, 0.29) is 18.0 Å². The SMILES string of the molecule is CC1=C(C#N)C(=O)N(CC(C)C)C(=O)/C1=C/c1cn(-c2ccccc2)nc1-c1ccc2ccccc2c1. The standard InChI is InChI=1S/C31H26N4O2/c1-20(2)18-34-30(36)27(21(3)28(17-32)31(34)37)16-25-19-35(26-11-5-4-6-12-26)33-29(25)24-14-13-22-9-7-8-10-23(22)15-24/h4-16,19-20H,18H2,1-3H3/b27-16+. The monoisotopic (exact) mass is 486 g/mol. The fourth-order valence-electron chi connectivity index (χ4n) is 4.58. The molecule has 2 amide bonds. The average Bonchev–Trinajstić information content (AvgIpc) is 3.33. The molecule has 0 aliphatic carbocycles. The van der Waals surface area contributed by atoms with Gasteiger partial charge in [0.2, 0.25) is 0 Å². The van der Waals surface area contributed by atoms with E-state index in [4.69, 9.17) is 5.10 Å². The molecule has 3 aromatic carbocycles. The first-order chi connectivity index (χ1) is 17.9. The fourth-order valence-corrected chi connectivity index (χ4v) is 4.58. The largest absolute Gasteiger partial charge is 0.273 e. The minimum Gasteiger partial charge on any atom is -0.273 e. The molecule has 0 saturated carbocycles. The number of aromatic nitrogens is 2. The number of fused-ring (bicyclic) bond motifs is 1. The summed E-state index contributed by atoms with van der Waals surface area (Å²) < 4.78 is 1.78. The van der Waals surface area contributed by atoms with E-state index < -0.39 is 11.8 Å². The van der Waals surface area contributed by atoms with Crippen LogP contribution in [0.1, 0.15) is 26.3 Å². The van der Waals surface area contributed by atoms with Crippen molar-refractivity contribution in [2.45, 2.75) is 20.8 Å². The number of carbonyl (C=O) groups excluding carboxylic acids is 2. The lowest BCUT2D eigenvalue weighted by molar-refractivity contribution is -0.141. The molecule has 4 aromatic rings. The summed E-state index contributed by atoms with van der Waals surface area (Å²) in [5.74, 6) is -0.862. The molecule has 0 saturated heterocycles. The number of hydrogen-bond acceptors (Lipinski definition) is 4. The van der Waals surface area contributed by atoms with E-state index in [1.807, 2.05) is 74.6 Å². The van der Waals surface area contributed by atoms with Crippen LogP contribution in [0.3, 0.4) is 0 Å². The summed E-state index contributed by atoms with van der Waals surface area (Å²) >= 11 is 0. The maximum Gasteiger partial charge on any atom is 0.271 e. The Bertz CT molecular complexity index is 1630. The van der Waals surface area contributed by atoms with Crippen LogP contribution in [-0.4, -0.2) is 33.0 Å². The summed E-state index contributed by atoms with van der Waals surface area (Å²) in [6.45, 7) is 5.77. The Kier molecular flexibility index (Phi) is 6.29. The molecule has 0 unspecified atom stereocenters. The molecule has 0 bridgehead atoms. The molecule has 1 aromatic heterocycles. The Hall–Kier alpha value is -4.76. The molecule has 0 radical (unpaired) electrons. The van der Waals surface area contributed by atoms with Crippen LogP contribution < -0.4 is 0 Å². The van der Waals surface area contributed by atoms with Gasteiger partial charge in [-0.3, -0.25) is 14.5 Å². The summed E-state index contributed by atoms with van der Waals surface area (Å²) in [5.41, 5.74) is 3.91. The van der Waals surface area contributed by atoms with Gasteiger partial charge in [-0.2, -0.15) is 10.4 Å². The quantitative estimate of drug-likeness (QED) is 0.258. The second-order valence-electron chi connectivity index (χ2n) is 9.56. The van der Waals surface area contributed by atoms with E-state index in [1.165, 1.54) is 4.90 Å². The highest BCUT2D eigenvalue weighted by Crippen LogP contribution is 2.32. The highest BCUT2D eigenvalue weighted by Gasteiger charge is 2.36. The van der Waals surface area contributed by atoms with Crippen LogP contribution in [-0.2, 0) is 9.59 Å². The average molecular weight is 487 g/mol. The zero-order valence-corrected chi connectivity index (χ0v) is 21.0. The van der Waals surface area contributed by atoms with Gasteiger partial charge in [0.1, 0.15) is 11.6 Å². The molecular formula is C31H26N4O2. The zero-order valence-electron chi connectivity index (χ0n) is 21.0. The Labute approximate surface area is 215 Å². The van der Waals surface area contributed by atoms with Gasteiger partial charge in [0, 0.05) is 29.4 Å². The van der Waals surface area contributed by atoms with Crippen LogP contribution in [0.4, 0.5) is 0 Å². The van der Waals surface area contributed by atoms with Crippen molar-refractivity contribution >= 4 is 28.7 Å². The molecule has 1 aliphatic heterocycles. The number of carbonyl (C=O) groups is 2. The van der Waals surface area contributed by atoms with Crippen molar-refractivity contribution in [1.29, 1.82) is 5.26 Å². The molecule has 5 rings (SSSR count). The van der Waals surface area contributed by atoms with E-state index in [2.05, 4.69) is 24.3 Å². The number of nitriles is 1. The van der Waals surface area contributed by atoms with Gasteiger partial charge >= 0.3 is 0 Å². The van der Waals surface area contributed by atoms with Gasteiger partial charge in [-0.25, -0.2) is 4.68 Å². The Balaban J connectivity index is 1.71. The number of benzene rings is 3. The maximum absolute atomic E-state index is 13.5. The number of rotatable bonds is 5. The Morgan fingerprint density at radius 1 is 0.946 bits per heavy atom. The summed E-state index contributed by atoms with van der Waals surface area (Å²) in [7, 11) is 0. The molecule has 0 N–H and O–H groups in total. The van der Waals surface area contributed by atoms with Gasteiger partial charge < -0.3 is 0 Å². The van der Waals surface area contributed by atoms with Gasteiger partial charge in [0.25, 0.3) is 11.8 Å². The third-order valence-electron chi connectivity index (χ3n) is 6.46. The van der Waals surface area contributed by atoms with Crippen LogP contribution in [0.25, 0.3) is 33.8 Å². The predicted octanol–water partition coefficient (Wildman–Crippen LogP) is 5.94. The third kappa shape index (κ3) is 4.48. The minimum absolute atomic E-state index is 0.00536. The van der Waals surface area contributed by atoms with Crippen molar-refractivity contribution in [3.8, 4) is 23.0 Å². The second kappa shape index (κ2) is 9.71. The first-order valence-corrected chi connectivity index (χ1v) is 12.2. The van der Waals surface area contributed by atoms with Gasteiger partial charge in [0.15, 0.2) is 0 Å². The van der Waals surface area contributed by atoms with Crippen LogP contribution in [0.2, 0.25) is 0 Å². The molecule has 0 fully saturated rings.